The molecule has 1 heterocycles. The first-order valence-electron chi connectivity index (χ1n) is 4.13. The van der Waals surface area contributed by atoms with Crippen LogP contribution in [0.15, 0.2) is 4.52 Å². The molecule has 0 amide bonds. The monoisotopic (exact) mass is 199 g/mol. The number of hydrogen-bond donors (Lipinski definition) is 1. The lowest BCUT2D eigenvalue weighted by Crippen LogP contribution is -2.48. The molecule has 0 fully saturated rings. The Balaban J connectivity index is 2.95. The summed E-state index contributed by atoms with van der Waals surface area (Å²) in [5.41, 5.74) is -1.07. The Morgan fingerprint density at radius 2 is 2.14 bits per heavy atom. The lowest BCUT2D eigenvalue weighted by Gasteiger charge is -2.29. The van der Waals surface area contributed by atoms with E-state index in [1.807, 2.05) is 0 Å². The van der Waals surface area contributed by atoms with Crippen molar-refractivity contribution in [2.45, 2.75) is 26.3 Å². The van der Waals surface area contributed by atoms with E-state index < -0.39 is 11.5 Å². The molecule has 0 atom stereocenters. The molecular formula is C8H13N3O3. The van der Waals surface area contributed by atoms with Gasteiger partial charge in [-0.2, -0.15) is 4.98 Å². The zero-order chi connectivity index (χ0) is 10.9. The average molecular weight is 199 g/mol. The maximum absolute atomic E-state index is 10.9. The number of aryl methyl sites for hydroxylation is 1. The van der Waals surface area contributed by atoms with Crippen LogP contribution in [0.2, 0.25) is 0 Å². The summed E-state index contributed by atoms with van der Waals surface area (Å²) >= 11 is 0. The van der Waals surface area contributed by atoms with E-state index in [2.05, 4.69) is 10.1 Å². The predicted octanol–water partition coefficient (Wildman–Crippen LogP) is 0.677. The van der Waals surface area contributed by atoms with Gasteiger partial charge in [-0.3, -0.25) is 0 Å². The van der Waals surface area contributed by atoms with Crippen molar-refractivity contribution in [2.24, 2.45) is 0 Å². The van der Waals surface area contributed by atoms with Crippen LogP contribution in [0.4, 0.5) is 6.01 Å². The third-order valence-electron chi connectivity index (χ3n) is 2.17. The summed E-state index contributed by atoms with van der Waals surface area (Å²) in [6.45, 7) is 4.80. The number of nitrogens with zero attached hydrogens (tertiary/aromatic N) is 3. The van der Waals surface area contributed by atoms with Gasteiger partial charge in [-0.25, -0.2) is 4.79 Å². The summed E-state index contributed by atoms with van der Waals surface area (Å²) in [7, 11) is 1.60. The quantitative estimate of drug-likeness (QED) is 0.771. The molecule has 1 aromatic rings. The van der Waals surface area contributed by atoms with Crippen LogP contribution in [-0.4, -0.2) is 33.8 Å². The number of anilines is 1. The van der Waals surface area contributed by atoms with Gasteiger partial charge in [0, 0.05) is 7.05 Å². The molecule has 0 saturated heterocycles. The van der Waals surface area contributed by atoms with Crippen molar-refractivity contribution in [3.05, 3.63) is 5.82 Å². The molecule has 6 heteroatoms. The first-order chi connectivity index (χ1) is 6.35. The third kappa shape index (κ3) is 1.68. The third-order valence-corrected chi connectivity index (χ3v) is 2.17. The van der Waals surface area contributed by atoms with Crippen LogP contribution in [0.5, 0.6) is 0 Å². The van der Waals surface area contributed by atoms with Gasteiger partial charge in [0.2, 0.25) is 0 Å². The fourth-order valence-electron chi connectivity index (χ4n) is 0.805. The molecule has 0 spiro atoms. The minimum atomic E-state index is -1.07. The Morgan fingerprint density at radius 1 is 1.57 bits per heavy atom. The van der Waals surface area contributed by atoms with Gasteiger partial charge in [0.15, 0.2) is 5.82 Å². The SMILES string of the molecule is Cc1noc(N(C)C(C)(C)C(=O)O)n1. The number of hydrogen-bond acceptors (Lipinski definition) is 5. The lowest BCUT2D eigenvalue weighted by atomic mass is 10.1. The van der Waals surface area contributed by atoms with E-state index in [0.29, 0.717) is 5.82 Å². The van der Waals surface area contributed by atoms with E-state index in [4.69, 9.17) is 9.63 Å². The molecule has 1 aromatic heterocycles. The van der Waals surface area contributed by atoms with Crippen LogP contribution >= 0.6 is 0 Å². The van der Waals surface area contributed by atoms with Crippen molar-refractivity contribution in [3.63, 3.8) is 0 Å². The van der Waals surface area contributed by atoms with Gasteiger partial charge in [-0.15, -0.1) is 0 Å². The molecule has 0 aromatic carbocycles. The normalized spacial score (nSPS) is 11.4. The van der Waals surface area contributed by atoms with Crippen molar-refractivity contribution < 1.29 is 14.4 Å². The number of carboxylic acid groups (broad SMARTS) is 1. The number of likely N-dealkylation sites (N-methyl/N-ethyl adjacent to an activating group) is 1. The minimum Gasteiger partial charge on any atom is -0.480 e. The second-order valence-electron chi connectivity index (χ2n) is 3.55. The molecule has 6 nitrogen and oxygen atoms in total. The van der Waals surface area contributed by atoms with Crippen LogP contribution in [0, 0.1) is 6.92 Å². The van der Waals surface area contributed by atoms with Gasteiger partial charge in [-0.1, -0.05) is 5.16 Å². The first kappa shape index (κ1) is 10.5. The van der Waals surface area contributed by atoms with E-state index in [1.165, 1.54) is 4.90 Å². The van der Waals surface area contributed by atoms with Crippen LogP contribution < -0.4 is 4.90 Å². The highest BCUT2D eigenvalue weighted by atomic mass is 16.5. The zero-order valence-electron chi connectivity index (χ0n) is 8.61. The Kier molecular flexibility index (Phi) is 2.46. The average Bonchev–Trinajstić information content (AvgIpc) is 2.50. The molecule has 0 radical (unpaired) electrons. The summed E-state index contributed by atoms with van der Waals surface area (Å²) in [4.78, 5) is 16.3. The Bertz CT molecular complexity index is 345. The van der Waals surface area contributed by atoms with E-state index in [0.717, 1.165) is 0 Å². The predicted molar refractivity (Wildman–Crippen MR) is 49.2 cm³/mol. The Morgan fingerprint density at radius 3 is 2.50 bits per heavy atom. The summed E-state index contributed by atoms with van der Waals surface area (Å²) in [6, 6.07) is 0.204. The second-order valence-corrected chi connectivity index (χ2v) is 3.55. The Hall–Kier alpha value is -1.59. The maximum atomic E-state index is 10.9. The van der Waals surface area contributed by atoms with Crippen molar-refractivity contribution in [3.8, 4) is 0 Å². The summed E-state index contributed by atoms with van der Waals surface area (Å²) in [5.74, 6) is -0.469. The van der Waals surface area contributed by atoms with Crippen molar-refractivity contribution in [2.75, 3.05) is 11.9 Å². The molecule has 1 N–H and O–H groups in total. The fraction of sp³-hybridized carbons (Fsp3) is 0.625. The molecule has 0 aliphatic carbocycles. The van der Waals surface area contributed by atoms with E-state index in [-0.39, 0.29) is 6.01 Å². The van der Waals surface area contributed by atoms with Gasteiger partial charge in [0.1, 0.15) is 5.54 Å². The molecular weight excluding hydrogens is 186 g/mol. The second kappa shape index (κ2) is 3.28. The summed E-state index contributed by atoms with van der Waals surface area (Å²) in [6.07, 6.45) is 0. The van der Waals surface area contributed by atoms with Gasteiger partial charge in [0.25, 0.3) is 0 Å². The van der Waals surface area contributed by atoms with Gasteiger partial charge in [-0.05, 0) is 20.8 Å². The van der Waals surface area contributed by atoms with Crippen molar-refractivity contribution in [1.82, 2.24) is 10.1 Å². The standard InChI is InChI=1S/C8H13N3O3/c1-5-9-7(14-10-5)11(4)8(2,3)6(12)13/h1-4H3,(H,12,13). The number of rotatable bonds is 3. The fourth-order valence-corrected chi connectivity index (χ4v) is 0.805. The molecule has 14 heavy (non-hydrogen) atoms. The van der Waals surface area contributed by atoms with E-state index >= 15 is 0 Å². The van der Waals surface area contributed by atoms with Crippen molar-refractivity contribution >= 4 is 12.0 Å². The molecule has 1 rings (SSSR count). The molecule has 0 saturated carbocycles. The highest BCUT2D eigenvalue weighted by molar-refractivity contribution is 5.81. The van der Waals surface area contributed by atoms with Gasteiger partial charge >= 0.3 is 12.0 Å². The zero-order valence-corrected chi connectivity index (χ0v) is 8.61. The van der Waals surface area contributed by atoms with E-state index in [1.54, 1.807) is 27.8 Å². The largest absolute Gasteiger partial charge is 0.480 e. The number of aromatic nitrogens is 2. The lowest BCUT2D eigenvalue weighted by molar-refractivity contribution is -0.142. The highest BCUT2D eigenvalue weighted by Crippen LogP contribution is 2.20. The molecule has 0 unspecified atom stereocenters. The minimum absolute atomic E-state index is 0.204. The van der Waals surface area contributed by atoms with Gasteiger partial charge < -0.3 is 14.5 Å². The van der Waals surface area contributed by atoms with E-state index in [9.17, 15) is 4.79 Å². The van der Waals surface area contributed by atoms with Crippen LogP contribution in [-0.2, 0) is 4.79 Å². The molecule has 0 aliphatic heterocycles. The van der Waals surface area contributed by atoms with Crippen LogP contribution in [0.1, 0.15) is 19.7 Å². The molecule has 0 bridgehead atoms. The number of carboxylic acids is 1. The topological polar surface area (TPSA) is 79.5 Å². The van der Waals surface area contributed by atoms with Crippen LogP contribution in [0.3, 0.4) is 0 Å². The Labute approximate surface area is 81.5 Å². The van der Waals surface area contributed by atoms with Crippen LogP contribution in [0.25, 0.3) is 0 Å². The number of carbonyl (C=O) groups is 1. The molecule has 78 valence electrons. The summed E-state index contributed by atoms with van der Waals surface area (Å²) in [5, 5.41) is 12.5. The van der Waals surface area contributed by atoms with Crippen molar-refractivity contribution in [1.29, 1.82) is 0 Å². The maximum Gasteiger partial charge on any atom is 0.329 e. The smallest absolute Gasteiger partial charge is 0.329 e. The molecule has 0 aliphatic rings. The number of aliphatic carboxylic acids is 1. The van der Waals surface area contributed by atoms with Gasteiger partial charge in [0.05, 0.1) is 0 Å². The first-order valence-corrected chi connectivity index (χ1v) is 4.13. The summed E-state index contributed by atoms with van der Waals surface area (Å²) < 4.78 is 4.86. The highest BCUT2D eigenvalue weighted by Gasteiger charge is 2.34.